The van der Waals surface area contributed by atoms with E-state index in [1.807, 2.05) is 18.2 Å². The molecule has 2 rings (SSSR count). The molecule has 1 aromatic carbocycles. The Morgan fingerprint density at radius 2 is 2.18 bits per heavy atom. The molecule has 17 heavy (non-hydrogen) atoms. The Labute approximate surface area is 111 Å². The second kappa shape index (κ2) is 4.85. The first-order chi connectivity index (χ1) is 8.24. The highest BCUT2D eigenvalue weighted by atomic mass is 127. The number of nitrogens with one attached hydrogen (secondary N) is 2. The van der Waals surface area contributed by atoms with Crippen molar-refractivity contribution in [2.75, 3.05) is 5.32 Å². The van der Waals surface area contributed by atoms with Gasteiger partial charge in [-0.25, -0.2) is 0 Å². The lowest BCUT2D eigenvalue weighted by molar-refractivity contribution is 1.09. The zero-order valence-corrected chi connectivity index (χ0v) is 10.7. The third kappa shape index (κ3) is 2.37. The number of aromatic amines is 1. The zero-order valence-electron chi connectivity index (χ0n) is 8.53. The number of anilines is 1. The second-order valence-electron chi connectivity index (χ2n) is 3.20. The number of benzene rings is 1. The van der Waals surface area contributed by atoms with Crippen LogP contribution in [0, 0.1) is 26.4 Å². The van der Waals surface area contributed by atoms with Gasteiger partial charge in [-0.2, -0.15) is 15.6 Å². The van der Waals surface area contributed by atoms with Crippen LogP contribution >= 0.6 is 22.6 Å². The second-order valence-corrected chi connectivity index (χ2v) is 4.27. The van der Waals surface area contributed by atoms with Gasteiger partial charge in [0.2, 0.25) is 0 Å². The molecule has 0 bridgehead atoms. The third-order valence-corrected chi connectivity index (χ3v) is 2.96. The van der Waals surface area contributed by atoms with Crippen LogP contribution in [0.2, 0.25) is 0 Å². The van der Waals surface area contributed by atoms with Crippen molar-refractivity contribution in [3.05, 3.63) is 33.7 Å². The smallest absolute Gasteiger partial charge is 0.145 e. The predicted octanol–water partition coefficient (Wildman–Crippen LogP) is 2.51. The monoisotopic (exact) mass is 335 g/mol. The van der Waals surface area contributed by atoms with Gasteiger partial charge in [-0.3, -0.25) is 5.10 Å². The lowest BCUT2D eigenvalue weighted by Gasteiger charge is -1.99. The SMILES string of the molecule is N#CC(C#N)=CNc1ccc2c(I)[nH]nc2c1. The third-order valence-electron chi connectivity index (χ3n) is 2.13. The Hall–Kier alpha value is -2.06. The van der Waals surface area contributed by atoms with E-state index in [0.29, 0.717) is 0 Å². The normalized spacial score (nSPS) is 9.35. The number of nitrogens with zero attached hydrogens (tertiary/aromatic N) is 3. The largest absolute Gasteiger partial charge is 0.360 e. The molecule has 0 aliphatic heterocycles. The van der Waals surface area contributed by atoms with Gasteiger partial charge in [0.05, 0.1) is 5.52 Å². The molecule has 0 unspecified atom stereocenters. The average Bonchev–Trinajstić information content (AvgIpc) is 2.72. The molecule has 5 nitrogen and oxygen atoms in total. The molecule has 1 aromatic heterocycles. The molecule has 2 N–H and O–H groups in total. The number of rotatable bonds is 2. The minimum Gasteiger partial charge on any atom is -0.360 e. The molecule has 0 amide bonds. The maximum absolute atomic E-state index is 8.58. The van der Waals surface area contributed by atoms with Gasteiger partial charge in [-0.15, -0.1) is 0 Å². The first-order valence-electron chi connectivity index (χ1n) is 4.65. The zero-order chi connectivity index (χ0) is 12.3. The van der Waals surface area contributed by atoms with Gasteiger partial charge < -0.3 is 5.32 Å². The van der Waals surface area contributed by atoms with Crippen LogP contribution in [0.4, 0.5) is 5.69 Å². The Bertz CT molecular complexity index is 655. The van der Waals surface area contributed by atoms with Crippen molar-refractivity contribution in [3.63, 3.8) is 0 Å². The van der Waals surface area contributed by atoms with E-state index in [1.54, 1.807) is 12.1 Å². The number of halogens is 1. The summed E-state index contributed by atoms with van der Waals surface area (Å²) in [4.78, 5) is 0. The van der Waals surface area contributed by atoms with E-state index in [-0.39, 0.29) is 5.57 Å². The summed E-state index contributed by atoms with van der Waals surface area (Å²) in [6, 6.07) is 9.19. The number of hydrogen-bond donors (Lipinski definition) is 2. The van der Waals surface area contributed by atoms with Gasteiger partial charge in [0.1, 0.15) is 21.4 Å². The average molecular weight is 335 g/mol. The highest BCUT2D eigenvalue weighted by Crippen LogP contribution is 2.21. The lowest BCUT2D eigenvalue weighted by Crippen LogP contribution is -1.89. The van der Waals surface area contributed by atoms with Crippen LogP contribution in [0.25, 0.3) is 10.9 Å². The van der Waals surface area contributed by atoms with Gasteiger partial charge in [0.25, 0.3) is 0 Å². The number of H-pyrrole nitrogens is 1. The Kier molecular flexibility index (Phi) is 3.26. The van der Waals surface area contributed by atoms with E-state index in [9.17, 15) is 0 Å². The van der Waals surface area contributed by atoms with Crippen molar-refractivity contribution in [1.82, 2.24) is 10.2 Å². The van der Waals surface area contributed by atoms with Gasteiger partial charge in [-0.05, 0) is 40.8 Å². The van der Waals surface area contributed by atoms with Crippen LogP contribution in [0.5, 0.6) is 0 Å². The number of hydrogen-bond acceptors (Lipinski definition) is 4. The maximum Gasteiger partial charge on any atom is 0.145 e. The summed E-state index contributed by atoms with van der Waals surface area (Å²) in [5.74, 6) is 0. The van der Waals surface area contributed by atoms with Crippen molar-refractivity contribution in [1.29, 1.82) is 10.5 Å². The van der Waals surface area contributed by atoms with E-state index in [4.69, 9.17) is 10.5 Å². The molecule has 0 spiro atoms. The van der Waals surface area contributed by atoms with Crippen molar-refractivity contribution in [3.8, 4) is 12.1 Å². The molecular formula is C11H6IN5. The summed E-state index contributed by atoms with van der Waals surface area (Å²) in [6.07, 6.45) is 1.37. The van der Waals surface area contributed by atoms with Gasteiger partial charge in [0.15, 0.2) is 0 Å². The molecular weight excluding hydrogens is 329 g/mol. The molecule has 0 saturated heterocycles. The summed E-state index contributed by atoms with van der Waals surface area (Å²) in [5.41, 5.74) is 1.65. The van der Waals surface area contributed by atoms with E-state index >= 15 is 0 Å². The first kappa shape index (κ1) is 11.4. The van der Waals surface area contributed by atoms with Crippen molar-refractivity contribution < 1.29 is 0 Å². The standard InChI is InChI=1S/C11H6IN5/c12-11-9-2-1-8(3-10(9)16-17-11)15-6-7(4-13)5-14/h1-3,6,15H,(H,16,17). The lowest BCUT2D eigenvalue weighted by atomic mass is 10.2. The van der Waals surface area contributed by atoms with Crippen LogP contribution < -0.4 is 5.32 Å². The molecule has 2 aromatic rings. The fourth-order valence-corrected chi connectivity index (χ4v) is 1.89. The summed E-state index contributed by atoms with van der Waals surface area (Å²) < 4.78 is 0.981. The molecule has 0 saturated carbocycles. The number of aromatic nitrogens is 2. The molecule has 0 aliphatic rings. The van der Waals surface area contributed by atoms with Crippen LogP contribution in [0.1, 0.15) is 0 Å². The minimum absolute atomic E-state index is 0.0294. The quantitative estimate of drug-likeness (QED) is 0.652. The van der Waals surface area contributed by atoms with Crippen molar-refractivity contribution in [2.45, 2.75) is 0 Å². The number of nitriles is 2. The van der Waals surface area contributed by atoms with E-state index in [0.717, 1.165) is 20.3 Å². The molecule has 82 valence electrons. The molecule has 0 fully saturated rings. The summed E-state index contributed by atoms with van der Waals surface area (Å²) in [6.45, 7) is 0. The van der Waals surface area contributed by atoms with Gasteiger partial charge >= 0.3 is 0 Å². The topological polar surface area (TPSA) is 88.3 Å². The Morgan fingerprint density at radius 1 is 1.41 bits per heavy atom. The Balaban J connectivity index is 2.30. The van der Waals surface area contributed by atoms with Gasteiger partial charge in [-0.1, -0.05) is 0 Å². The van der Waals surface area contributed by atoms with Crippen molar-refractivity contribution in [2.24, 2.45) is 0 Å². The van der Waals surface area contributed by atoms with Crippen LogP contribution in [0.15, 0.2) is 30.0 Å². The molecule has 1 heterocycles. The summed E-state index contributed by atoms with van der Waals surface area (Å²) in [5, 5.41) is 28.1. The van der Waals surface area contributed by atoms with E-state index in [2.05, 4.69) is 38.1 Å². The molecule has 0 radical (unpaired) electrons. The first-order valence-corrected chi connectivity index (χ1v) is 5.73. The summed E-state index contributed by atoms with van der Waals surface area (Å²) >= 11 is 2.17. The number of fused-ring (bicyclic) bond motifs is 1. The van der Waals surface area contributed by atoms with E-state index in [1.165, 1.54) is 6.20 Å². The summed E-state index contributed by atoms with van der Waals surface area (Å²) in [7, 11) is 0. The fraction of sp³-hybridized carbons (Fsp3) is 0. The van der Waals surface area contributed by atoms with Crippen LogP contribution in [-0.2, 0) is 0 Å². The predicted molar refractivity (Wildman–Crippen MR) is 71.7 cm³/mol. The number of allylic oxidation sites excluding steroid dienone is 1. The van der Waals surface area contributed by atoms with Crippen LogP contribution in [-0.4, -0.2) is 10.2 Å². The Morgan fingerprint density at radius 3 is 2.88 bits per heavy atom. The molecule has 0 aliphatic carbocycles. The fourth-order valence-electron chi connectivity index (χ4n) is 1.31. The van der Waals surface area contributed by atoms with Gasteiger partial charge in [0, 0.05) is 17.3 Å². The highest BCUT2D eigenvalue weighted by Gasteiger charge is 2.02. The van der Waals surface area contributed by atoms with Crippen molar-refractivity contribution >= 4 is 39.2 Å². The molecule has 6 heteroatoms. The van der Waals surface area contributed by atoms with E-state index < -0.39 is 0 Å². The van der Waals surface area contributed by atoms with Crippen LogP contribution in [0.3, 0.4) is 0 Å². The maximum atomic E-state index is 8.58. The minimum atomic E-state index is 0.0294. The molecule has 0 atom stereocenters. The highest BCUT2D eigenvalue weighted by molar-refractivity contribution is 14.1.